The molecule has 2 aliphatic heterocycles. The first-order valence-electron chi connectivity index (χ1n) is 15.5. The number of thiophene rings is 1. The van der Waals surface area contributed by atoms with E-state index in [1.165, 1.54) is 6.07 Å². The van der Waals surface area contributed by atoms with E-state index in [9.17, 15) is 5.26 Å². The summed E-state index contributed by atoms with van der Waals surface area (Å²) in [6, 6.07) is 5.66. The second kappa shape index (κ2) is 11.7. The molecule has 5 heterocycles. The van der Waals surface area contributed by atoms with E-state index in [1.807, 2.05) is 0 Å². The summed E-state index contributed by atoms with van der Waals surface area (Å²) >= 11 is 8.37. The molecule has 2 aromatic carbocycles. The summed E-state index contributed by atoms with van der Waals surface area (Å²) in [6.07, 6.45) is 6.19. The van der Waals surface area contributed by atoms with Gasteiger partial charge in [0.05, 0.1) is 45.9 Å². The Hall–Kier alpha value is -4.02. The van der Waals surface area contributed by atoms with Crippen molar-refractivity contribution >= 4 is 54.7 Å². The summed E-state index contributed by atoms with van der Waals surface area (Å²) in [7, 11) is 2.09. The molecule has 0 saturated carbocycles. The minimum atomic E-state index is -0.446. The van der Waals surface area contributed by atoms with Crippen molar-refractivity contribution in [3.8, 4) is 23.2 Å². The molecule has 0 radical (unpaired) electrons. The summed E-state index contributed by atoms with van der Waals surface area (Å²) in [4.78, 5) is 12.0. The van der Waals surface area contributed by atoms with E-state index in [0.29, 0.717) is 57.3 Å². The largest absolute Gasteiger partial charge is 0.462 e. The monoisotopic (exact) mass is 659 g/mol. The van der Waals surface area contributed by atoms with Crippen LogP contribution in [0.1, 0.15) is 59.4 Å². The van der Waals surface area contributed by atoms with Gasteiger partial charge in [-0.3, -0.25) is 0 Å². The van der Waals surface area contributed by atoms with E-state index in [-0.39, 0.29) is 29.2 Å². The van der Waals surface area contributed by atoms with E-state index in [1.54, 1.807) is 6.07 Å². The fourth-order valence-corrected chi connectivity index (χ4v) is 8.41. The van der Waals surface area contributed by atoms with E-state index >= 15 is 4.39 Å². The third kappa shape index (κ3) is 4.76. The fraction of sp³-hybridized carbons (Fsp3) is 0.394. The zero-order valence-electron chi connectivity index (χ0n) is 25.2. The van der Waals surface area contributed by atoms with Gasteiger partial charge in [0.15, 0.2) is 0 Å². The number of anilines is 2. The number of ether oxygens (including phenoxy) is 2. The van der Waals surface area contributed by atoms with Gasteiger partial charge in [-0.05, 0) is 68.5 Å². The van der Waals surface area contributed by atoms with Gasteiger partial charge >= 0.3 is 6.01 Å². The first kappa shape index (κ1) is 29.4. The third-order valence-corrected chi connectivity index (χ3v) is 10.9. The van der Waals surface area contributed by atoms with Crippen LogP contribution in [0.2, 0.25) is 5.02 Å². The van der Waals surface area contributed by atoms with Gasteiger partial charge in [-0.15, -0.1) is 11.3 Å². The van der Waals surface area contributed by atoms with Crippen molar-refractivity contribution in [2.24, 2.45) is 0 Å². The van der Waals surface area contributed by atoms with E-state index < -0.39 is 5.82 Å². The van der Waals surface area contributed by atoms with Gasteiger partial charge in [0.1, 0.15) is 40.8 Å². The Bertz CT molecular complexity index is 2070. The molecule has 1 saturated heterocycles. The molecule has 10 nitrogen and oxygen atoms in total. The van der Waals surface area contributed by atoms with Crippen LogP contribution in [-0.4, -0.2) is 46.3 Å². The second-order valence-electron chi connectivity index (χ2n) is 12.1. The van der Waals surface area contributed by atoms with Crippen LogP contribution in [0.25, 0.3) is 32.1 Å². The Kier molecular flexibility index (Phi) is 7.44. The van der Waals surface area contributed by atoms with Crippen molar-refractivity contribution in [3.05, 3.63) is 56.7 Å². The van der Waals surface area contributed by atoms with Gasteiger partial charge in [0.25, 0.3) is 0 Å². The molecule has 8 rings (SSSR count). The average Bonchev–Trinajstić information content (AvgIpc) is 3.86. The molecule has 3 N–H and O–H groups in total. The molecule has 1 atom stereocenters. The molecule has 236 valence electrons. The number of benzene rings is 2. The zero-order valence-corrected chi connectivity index (χ0v) is 26.8. The minimum absolute atomic E-state index is 0.200. The number of likely N-dealkylation sites (N-methyl/N-ethyl adjacent to an activating group) is 1. The van der Waals surface area contributed by atoms with Crippen LogP contribution in [0.3, 0.4) is 0 Å². The summed E-state index contributed by atoms with van der Waals surface area (Å²) in [5, 5.41) is 19.6. The molecule has 0 amide bonds. The summed E-state index contributed by atoms with van der Waals surface area (Å²) in [6.45, 7) is 2.45. The number of nitrogens with zero attached hydrogens (tertiary/aromatic N) is 5. The van der Waals surface area contributed by atoms with E-state index in [2.05, 4.69) is 28.5 Å². The van der Waals surface area contributed by atoms with Crippen LogP contribution in [0, 0.1) is 17.1 Å². The van der Waals surface area contributed by atoms with E-state index in [4.69, 9.17) is 41.3 Å². The lowest BCUT2D eigenvalue weighted by Gasteiger charge is -2.21. The molecule has 13 heteroatoms. The minimum Gasteiger partial charge on any atom is -0.462 e. The number of rotatable bonds is 7. The summed E-state index contributed by atoms with van der Waals surface area (Å²) in [5.41, 5.74) is 11.9. The highest BCUT2D eigenvalue weighted by Gasteiger charge is 2.31. The first-order valence-corrected chi connectivity index (χ1v) is 16.7. The Balaban J connectivity index is 1.30. The molecule has 0 bridgehead atoms. The molecular formula is C33H31ClFN7O3S. The van der Waals surface area contributed by atoms with Crippen molar-refractivity contribution in [1.29, 1.82) is 5.26 Å². The van der Waals surface area contributed by atoms with Crippen LogP contribution in [-0.2, 0) is 37.3 Å². The lowest BCUT2D eigenvalue weighted by atomic mass is 9.91. The van der Waals surface area contributed by atoms with Crippen molar-refractivity contribution in [1.82, 2.24) is 20.0 Å². The van der Waals surface area contributed by atoms with Crippen molar-refractivity contribution in [2.45, 2.75) is 64.3 Å². The molecule has 1 unspecified atom stereocenters. The molecule has 46 heavy (non-hydrogen) atoms. The summed E-state index contributed by atoms with van der Waals surface area (Å²) < 4.78 is 33.2. The van der Waals surface area contributed by atoms with Gasteiger partial charge < -0.3 is 29.9 Å². The average molecular weight is 660 g/mol. The first-order chi connectivity index (χ1) is 22.4. The molecule has 3 aliphatic rings. The Labute approximate surface area is 273 Å². The van der Waals surface area contributed by atoms with Gasteiger partial charge in [-0.25, -0.2) is 4.39 Å². The third-order valence-electron chi connectivity index (χ3n) is 9.51. The zero-order chi connectivity index (χ0) is 31.5. The van der Waals surface area contributed by atoms with Crippen LogP contribution in [0.5, 0.6) is 6.01 Å². The van der Waals surface area contributed by atoms with Crippen LogP contribution in [0.15, 0.2) is 16.7 Å². The number of hydrogen-bond donors (Lipinski definition) is 2. The number of nitrogens with one attached hydrogen (secondary N) is 1. The normalized spacial score (nSPS) is 17.8. The summed E-state index contributed by atoms with van der Waals surface area (Å²) in [5.74, 6) is 1.07. The Morgan fingerprint density at radius 1 is 1.17 bits per heavy atom. The number of hydrogen-bond acceptors (Lipinski definition) is 11. The maximum atomic E-state index is 15.0. The van der Waals surface area contributed by atoms with Gasteiger partial charge in [0, 0.05) is 29.0 Å². The van der Waals surface area contributed by atoms with Crippen LogP contribution < -0.4 is 15.8 Å². The fourth-order valence-electron chi connectivity index (χ4n) is 7.11. The number of fused-ring (bicyclic) bond motifs is 5. The lowest BCUT2D eigenvalue weighted by molar-refractivity contribution is 0.135. The molecule has 1 aliphatic carbocycles. The predicted molar refractivity (Wildman–Crippen MR) is 175 cm³/mol. The number of nitriles is 1. The highest BCUT2D eigenvalue weighted by atomic mass is 35.5. The maximum absolute atomic E-state index is 15.0. The highest BCUT2D eigenvalue weighted by molar-refractivity contribution is 7.23. The number of halogens is 2. The SMILES string of the molecule is CN1CCCC1COc1nc(NCc2noc3c2CCCC3)c2c3c(c(-c4ccc(F)c5sc(N)c(C#N)c45)c(Cl)c2n1)COC3. The van der Waals surface area contributed by atoms with Gasteiger partial charge in [0.2, 0.25) is 0 Å². The smallest absolute Gasteiger partial charge is 0.319 e. The number of nitrogen functional groups attached to an aromatic ring is 1. The van der Waals surface area contributed by atoms with Crippen LogP contribution in [0.4, 0.5) is 15.2 Å². The second-order valence-corrected chi connectivity index (χ2v) is 13.6. The Morgan fingerprint density at radius 3 is 2.85 bits per heavy atom. The van der Waals surface area contributed by atoms with Crippen molar-refractivity contribution in [3.63, 3.8) is 0 Å². The molecule has 3 aromatic heterocycles. The number of aromatic nitrogens is 3. The molecule has 0 spiro atoms. The van der Waals surface area contributed by atoms with Crippen LogP contribution >= 0.6 is 22.9 Å². The molecule has 5 aromatic rings. The lowest BCUT2D eigenvalue weighted by Crippen LogP contribution is -2.31. The van der Waals surface area contributed by atoms with Crippen molar-refractivity contribution in [2.75, 3.05) is 31.2 Å². The molecular weight excluding hydrogens is 629 g/mol. The quantitative estimate of drug-likeness (QED) is 0.193. The number of aryl methyl sites for hydroxylation is 1. The predicted octanol–water partition coefficient (Wildman–Crippen LogP) is 6.74. The van der Waals surface area contributed by atoms with Crippen molar-refractivity contribution < 1.29 is 18.4 Å². The Morgan fingerprint density at radius 2 is 2.02 bits per heavy atom. The number of likely N-dealkylation sites (tertiary alicyclic amines) is 1. The number of nitrogens with two attached hydrogens (primary N) is 1. The van der Waals surface area contributed by atoms with Gasteiger partial charge in [-0.2, -0.15) is 15.2 Å². The maximum Gasteiger partial charge on any atom is 0.319 e. The topological polar surface area (TPSA) is 135 Å². The molecule has 1 fully saturated rings. The van der Waals surface area contributed by atoms with Gasteiger partial charge in [-0.1, -0.05) is 22.8 Å². The highest BCUT2D eigenvalue weighted by Crippen LogP contribution is 2.49. The van der Waals surface area contributed by atoms with E-state index in [0.717, 1.165) is 89.9 Å². The standard InChI is InChI=1S/C33H31ClFN7O3S/c1-42-10-4-5-16(42)13-44-33-39-29-27(32(40-33)38-12-23-17-6-2-3-7-24(17)45-41-23)21-15-43-14-20(21)25(28(29)34)18-8-9-22(35)30-26(18)19(11-36)31(37)46-30/h8-9,16H,2-7,10,12-15,37H2,1H3,(H,38,39,40).